The monoisotopic (exact) mass is 550 g/mol. The Kier molecular flexibility index (Phi) is 4.45. The minimum Gasteiger partial charge on any atom is -0.455 e. The van der Waals surface area contributed by atoms with Crippen molar-refractivity contribution < 1.29 is 9.90 Å². The first-order valence-electron chi connectivity index (χ1n) is 16.4. The SMILES string of the molecule is [2H]c1c([2H])c(-c2c3ccccc3c(-c3cccc4c3oc3ccccc34)c3ccccc23)c([2H])c([2H])c1-c1ccc2ccccc2c1. The van der Waals surface area contributed by atoms with Crippen molar-refractivity contribution in [2.45, 2.75) is 0 Å². The highest BCUT2D eigenvalue weighted by molar-refractivity contribution is 6.24. The molecule has 1 nitrogen and oxygen atoms in total. The number of hydrogen-bond donors (Lipinski definition) is 0. The lowest BCUT2D eigenvalue weighted by molar-refractivity contribution is 0.670. The summed E-state index contributed by atoms with van der Waals surface area (Å²) in [5, 5.41) is 7.75. The van der Waals surface area contributed by atoms with E-state index in [1.807, 2.05) is 97.1 Å². The molecule has 0 N–H and O–H groups in total. The summed E-state index contributed by atoms with van der Waals surface area (Å²) >= 11 is 0. The first kappa shape index (κ1) is 20.3. The zero-order chi connectivity index (χ0) is 31.8. The van der Waals surface area contributed by atoms with Crippen LogP contribution < -0.4 is 0 Å². The summed E-state index contributed by atoms with van der Waals surface area (Å²) in [7, 11) is 0. The maximum Gasteiger partial charge on any atom is 0.143 e. The van der Waals surface area contributed by atoms with Crippen LogP contribution in [0.25, 0.3) is 87.6 Å². The second-order valence-corrected chi connectivity index (χ2v) is 10.9. The third-order valence-electron chi connectivity index (χ3n) is 8.52. The van der Waals surface area contributed by atoms with Crippen molar-refractivity contribution in [2.24, 2.45) is 0 Å². The minimum absolute atomic E-state index is 0.0550. The van der Waals surface area contributed by atoms with Crippen LogP contribution in [0.5, 0.6) is 0 Å². The molecule has 1 heterocycles. The Labute approximate surface area is 254 Å². The predicted octanol–water partition coefficient (Wildman–Crippen LogP) is 12.0. The van der Waals surface area contributed by atoms with Crippen LogP contribution in [0.2, 0.25) is 0 Å². The van der Waals surface area contributed by atoms with Crippen molar-refractivity contribution >= 4 is 54.3 Å². The molecule has 0 fully saturated rings. The molecule has 43 heavy (non-hydrogen) atoms. The summed E-state index contributed by atoms with van der Waals surface area (Å²) in [6.45, 7) is 0. The van der Waals surface area contributed by atoms with E-state index >= 15 is 0 Å². The molecule has 0 spiro atoms. The summed E-state index contributed by atoms with van der Waals surface area (Å²) in [5.74, 6) is 0. The average molecular weight is 551 g/mol. The first-order chi connectivity index (χ1) is 23.0. The Morgan fingerprint density at radius 1 is 0.395 bits per heavy atom. The quantitative estimate of drug-likeness (QED) is 0.199. The van der Waals surface area contributed by atoms with E-state index in [1.54, 1.807) is 0 Å². The molecule has 0 aliphatic carbocycles. The van der Waals surface area contributed by atoms with Crippen molar-refractivity contribution in [2.75, 3.05) is 0 Å². The number of benzene rings is 8. The van der Waals surface area contributed by atoms with Gasteiger partial charge in [0.1, 0.15) is 11.2 Å². The molecule has 0 saturated heterocycles. The van der Waals surface area contributed by atoms with E-state index in [2.05, 4.69) is 36.4 Å². The van der Waals surface area contributed by atoms with E-state index in [1.165, 1.54) is 0 Å². The van der Waals surface area contributed by atoms with Gasteiger partial charge in [-0.05, 0) is 66.7 Å². The van der Waals surface area contributed by atoms with Gasteiger partial charge < -0.3 is 4.42 Å². The van der Waals surface area contributed by atoms with Gasteiger partial charge in [-0.15, -0.1) is 0 Å². The van der Waals surface area contributed by atoms with Gasteiger partial charge in [0.2, 0.25) is 0 Å². The van der Waals surface area contributed by atoms with Gasteiger partial charge in [0, 0.05) is 21.9 Å². The molecule has 0 aliphatic heterocycles. The molecule has 0 radical (unpaired) electrons. The van der Waals surface area contributed by atoms with Crippen molar-refractivity contribution in [1.82, 2.24) is 0 Å². The van der Waals surface area contributed by atoms with Crippen LogP contribution in [0.15, 0.2) is 162 Å². The fraction of sp³-hybridized carbons (Fsp3) is 0. The molecule has 0 unspecified atom stereocenters. The Morgan fingerprint density at radius 2 is 0.953 bits per heavy atom. The normalized spacial score (nSPS) is 13.0. The van der Waals surface area contributed by atoms with Crippen molar-refractivity contribution in [1.29, 1.82) is 0 Å². The second-order valence-electron chi connectivity index (χ2n) is 10.9. The minimum atomic E-state index is -0.0587. The third-order valence-corrected chi connectivity index (χ3v) is 8.52. The van der Waals surface area contributed by atoms with E-state index in [0.29, 0.717) is 22.3 Å². The number of fused-ring (bicyclic) bond motifs is 6. The van der Waals surface area contributed by atoms with E-state index in [0.717, 1.165) is 65.4 Å². The molecular weight excluding hydrogens is 520 g/mol. The number of furan rings is 1. The second kappa shape index (κ2) is 9.44. The molecule has 0 bridgehead atoms. The first-order valence-corrected chi connectivity index (χ1v) is 14.4. The smallest absolute Gasteiger partial charge is 0.143 e. The van der Waals surface area contributed by atoms with Gasteiger partial charge >= 0.3 is 0 Å². The largest absolute Gasteiger partial charge is 0.455 e. The Morgan fingerprint density at radius 3 is 1.67 bits per heavy atom. The summed E-state index contributed by atoms with van der Waals surface area (Å²) in [6, 6.07) is 43.9. The Hall–Kier alpha value is -5.66. The van der Waals surface area contributed by atoms with Gasteiger partial charge in [0.25, 0.3) is 0 Å². The van der Waals surface area contributed by atoms with Crippen LogP contribution in [0.4, 0.5) is 0 Å². The van der Waals surface area contributed by atoms with Crippen LogP contribution >= 0.6 is 0 Å². The summed E-state index contributed by atoms with van der Waals surface area (Å²) < 4.78 is 43.6. The Balaban J connectivity index is 1.36. The molecule has 0 atom stereocenters. The lowest BCUT2D eigenvalue weighted by Gasteiger charge is -2.18. The topological polar surface area (TPSA) is 13.1 Å². The van der Waals surface area contributed by atoms with Gasteiger partial charge in [-0.3, -0.25) is 0 Å². The van der Waals surface area contributed by atoms with E-state index in [4.69, 9.17) is 4.42 Å². The molecule has 8 aromatic carbocycles. The summed E-state index contributed by atoms with van der Waals surface area (Å²) in [6.07, 6.45) is 0. The van der Waals surface area contributed by atoms with Gasteiger partial charge in [-0.1, -0.05) is 145 Å². The summed E-state index contributed by atoms with van der Waals surface area (Å²) in [5.41, 5.74) is 5.56. The molecule has 0 amide bonds. The Bertz CT molecular complexity index is 2650. The molecule has 200 valence electrons. The third kappa shape index (κ3) is 3.72. The number of hydrogen-bond acceptors (Lipinski definition) is 1. The van der Waals surface area contributed by atoms with Gasteiger partial charge in [0.05, 0.1) is 5.48 Å². The van der Waals surface area contributed by atoms with Crippen molar-refractivity contribution in [3.05, 3.63) is 158 Å². The molecule has 0 saturated carbocycles. The summed E-state index contributed by atoms with van der Waals surface area (Å²) in [4.78, 5) is 0. The van der Waals surface area contributed by atoms with Gasteiger partial charge in [-0.2, -0.15) is 0 Å². The van der Waals surface area contributed by atoms with Crippen LogP contribution in [0, 0.1) is 0 Å². The van der Waals surface area contributed by atoms with Crippen LogP contribution in [-0.4, -0.2) is 0 Å². The number of para-hydroxylation sites is 2. The van der Waals surface area contributed by atoms with Crippen LogP contribution in [0.3, 0.4) is 0 Å². The van der Waals surface area contributed by atoms with Crippen molar-refractivity contribution in [3.8, 4) is 33.4 Å². The van der Waals surface area contributed by atoms with Crippen molar-refractivity contribution in [3.63, 3.8) is 0 Å². The number of rotatable bonds is 3. The molecule has 1 aromatic heterocycles. The maximum atomic E-state index is 9.36. The zero-order valence-electron chi connectivity index (χ0n) is 27.1. The molecular formula is C42H26O. The fourth-order valence-corrected chi connectivity index (χ4v) is 6.56. The van der Waals surface area contributed by atoms with Gasteiger partial charge in [0.15, 0.2) is 0 Å². The highest BCUT2D eigenvalue weighted by atomic mass is 16.3. The molecule has 1 heteroatoms. The van der Waals surface area contributed by atoms with Crippen LogP contribution in [-0.2, 0) is 0 Å². The molecule has 9 rings (SSSR count). The van der Waals surface area contributed by atoms with Crippen LogP contribution in [0.1, 0.15) is 5.48 Å². The van der Waals surface area contributed by atoms with E-state index in [9.17, 15) is 5.48 Å². The lowest BCUT2D eigenvalue weighted by Crippen LogP contribution is -1.91. The van der Waals surface area contributed by atoms with E-state index < -0.39 is 0 Å². The van der Waals surface area contributed by atoms with Gasteiger partial charge in [-0.25, -0.2) is 0 Å². The highest BCUT2D eigenvalue weighted by Gasteiger charge is 2.20. The highest BCUT2D eigenvalue weighted by Crippen LogP contribution is 2.46. The molecule has 9 aromatic rings. The maximum absolute atomic E-state index is 9.36. The molecule has 0 aliphatic rings. The predicted molar refractivity (Wildman–Crippen MR) is 183 cm³/mol. The van der Waals surface area contributed by atoms with E-state index in [-0.39, 0.29) is 24.2 Å². The zero-order valence-corrected chi connectivity index (χ0v) is 23.1. The standard InChI is InChI=1S/C42H26O/c1-2-11-30-26-31(25-22-27(30)10-1)28-20-23-29(24-21-28)40-33-13-3-5-15-35(33)41(36-16-6-4-14-34(36)40)38-18-9-17-37-32-12-7-8-19-39(32)43-42(37)38/h1-26H/i20D,21D,23D,24D. The average Bonchev–Trinajstić information content (AvgIpc) is 3.50. The fourth-order valence-electron chi connectivity index (χ4n) is 6.56. The lowest BCUT2D eigenvalue weighted by atomic mass is 9.85.